The number of nitrogens with zero attached hydrogens (tertiary/aromatic N) is 1. The molecule has 3 aliphatic heterocycles. The molecule has 0 aromatic heterocycles. The topological polar surface area (TPSA) is 24.5 Å². The molecule has 1 aromatic carbocycles. The second kappa shape index (κ2) is 7.30. The summed E-state index contributed by atoms with van der Waals surface area (Å²) < 4.78 is 5.55. The minimum Gasteiger partial charge on any atom is -0.494 e. The number of hydrogen-bond donors (Lipinski definition) is 1. The van der Waals surface area contributed by atoms with E-state index in [1.54, 1.807) is 0 Å². The fourth-order valence-electron chi connectivity index (χ4n) is 3.36. The van der Waals surface area contributed by atoms with Crippen molar-refractivity contribution in [1.82, 2.24) is 10.2 Å². The summed E-state index contributed by atoms with van der Waals surface area (Å²) >= 11 is 0. The molecule has 112 valence electrons. The normalized spacial score (nSPS) is 27.9. The van der Waals surface area contributed by atoms with Gasteiger partial charge in [-0.3, -0.25) is 0 Å². The van der Waals surface area contributed by atoms with Crippen LogP contribution in [0.5, 0.6) is 5.75 Å². The molecule has 2 bridgehead atoms. The molecule has 3 heterocycles. The van der Waals surface area contributed by atoms with Crippen LogP contribution in [0.15, 0.2) is 24.3 Å². The second-order valence-corrected chi connectivity index (χ2v) is 5.71. The van der Waals surface area contributed by atoms with Crippen LogP contribution in [0, 0.1) is 5.92 Å². The Hall–Kier alpha value is -0.770. The fourth-order valence-corrected chi connectivity index (χ4v) is 3.36. The standard InChI is InChI=1S/C16H24N2O.ClH/c1-2-19-15-5-3-4-13(10-15)11-17-16-12-18-8-6-14(16)7-9-18;/h3-5,10,14,16-17H,2,6-9,11-12H2,1H3;1H. The van der Waals surface area contributed by atoms with Crippen molar-refractivity contribution in [2.75, 3.05) is 26.2 Å². The van der Waals surface area contributed by atoms with E-state index in [2.05, 4.69) is 28.4 Å². The minimum atomic E-state index is 0. The zero-order chi connectivity index (χ0) is 13.1. The molecule has 0 spiro atoms. The third-order valence-corrected chi connectivity index (χ3v) is 4.43. The van der Waals surface area contributed by atoms with Crippen molar-refractivity contribution in [3.05, 3.63) is 29.8 Å². The van der Waals surface area contributed by atoms with Gasteiger partial charge < -0.3 is 15.0 Å². The van der Waals surface area contributed by atoms with Crippen LogP contribution in [-0.2, 0) is 6.54 Å². The van der Waals surface area contributed by atoms with Crippen molar-refractivity contribution >= 4 is 12.4 Å². The summed E-state index contributed by atoms with van der Waals surface area (Å²) in [7, 11) is 0. The van der Waals surface area contributed by atoms with Gasteiger partial charge in [-0.15, -0.1) is 12.4 Å². The Bertz CT molecular complexity index is 419. The number of nitrogens with one attached hydrogen (secondary N) is 1. The molecule has 1 N–H and O–H groups in total. The summed E-state index contributed by atoms with van der Waals surface area (Å²) in [5, 5.41) is 3.74. The van der Waals surface area contributed by atoms with E-state index in [0.29, 0.717) is 6.04 Å². The van der Waals surface area contributed by atoms with Gasteiger partial charge in [0.2, 0.25) is 0 Å². The van der Waals surface area contributed by atoms with E-state index >= 15 is 0 Å². The highest BCUT2D eigenvalue weighted by Gasteiger charge is 2.33. The molecule has 20 heavy (non-hydrogen) atoms. The second-order valence-electron chi connectivity index (χ2n) is 5.71. The average Bonchev–Trinajstić information content (AvgIpc) is 2.47. The Labute approximate surface area is 128 Å². The lowest BCUT2D eigenvalue weighted by Gasteiger charge is -2.45. The van der Waals surface area contributed by atoms with Crippen LogP contribution in [0.25, 0.3) is 0 Å². The summed E-state index contributed by atoms with van der Waals surface area (Å²) in [5.41, 5.74) is 1.32. The molecule has 1 aromatic rings. The lowest BCUT2D eigenvalue weighted by atomic mass is 9.84. The van der Waals surface area contributed by atoms with E-state index in [-0.39, 0.29) is 12.4 Å². The first-order valence-corrected chi connectivity index (χ1v) is 7.52. The van der Waals surface area contributed by atoms with Gasteiger partial charge in [0.25, 0.3) is 0 Å². The van der Waals surface area contributed by atoms with E-state index < -0.39 is 0 Å². The number of rotatable bonds is 5. The van der Waals surface area contributed by atoms with Crippen molar-refractivity contribution in [2.24, 2.45) is 5.92 Å². The molecular weight excluding hydrogens is 272 g/mol. The lowest BCUT2D eigenvalue weighted by Crippen LogP contribution is -2.55. The number of piperidine rings is 3. The van der Waals surface area contributed by atoms with Crippen LogP contribution < -0.4 is 10.1 Å². The third kappa shape index (κ3) is 3.66. The first-order chi connectivity index (χ1) is 9.35. The van der Waals surface area contributed by atoms with Crippen molar-refractivity contribution in [3.63, 3.8) is 0 Å². The van der Waals surface area contributed by atoms with Gasteiger partial charge in [0, 0.05) is 19.1 Å². The van der Waals surface area contributed by atoms with Gasteiger partial charge in [-0.25, -0.2) is 0 Å². The molecule has 1 atom stereocenters. The van der Waals surface area contributed by atoms with Gasteiger partial charge in [-0.1, -0.05) is 12.1 Å². The van der Waals surface area contributed by atoms with E-state index in [1.807, 2.05) is 13.0 Å². The van der Waals surface area contributed by atoms with Gasteiger partial charge in [0.05, 0.1) is 6.61 Å². The highest BCUT2D eigenvalue weighted by Crippen LogP contribution is 2.27. The molecule has 0 aliphatic carbocycles. The highest BCUT2D eigenvalue weighted by atomic mass is 35.5. The maximum atomic E-state index is 5.55. The predicted octanol–water partition coefficient (Wildman–Crippen LogP) is 2.69. The highest BCUT2D eigenvalue weighted by molar-refractivity contribution is 5.85. The lowest BCUT2D eigenvalue weighted by molar-refractivity contribution is 0.0720. The van der Waals surface area contributed by atoms with Crippen LogP contribution in [0.2, 0.25) is 0 Å². The van der Waals surface area contributed by atoms with Crippen LogP contribution in [0.4, 0.5) is 0 Å². The SMILES string of the molecule is CCOc1cccc(CNC2CN3CCC2CC3)c1.Cl. The van der Waals surface area contributed by atoms with E-state index in [9.17, 15) is 0 Å². The first-order valence-electron chi connectivity index (χ1n) is 7.52. The summed E-state index contributed by atoms with van der Waals surface area (Å²) in [6.45, 7) is 7.56. The van der Waals surface area contributed by atoms with Crippen LogP contribution in [0.1, 0.15) is 25.3 Å². The Morgan fingerprint density at radius 1 is 1.30 bits per heavy atom. The average molecular weight is 297 g/mol. The van der Waals surface area contributed by atoms with E-state index in [1.165, 1.54) is 38.0 Å². The molecule has 3 saturated heterocycles. The van der Waals surface area contributed by atoms with Crippen LogP contribution in [0.3, 0.4) is 0 Å². The number of hydrogen-bond acceptors (Lipinski definition) is 3. The molecule has 0 amide bonds. The first kappa shape index (κ1) is 15.6. The van der Waals surface area contributed by atoms with E-state index in [0.717, 1.165) is 24.8 Å². The largest absolute Gasteiger partial charge is 0.494 e. The number of fused-ring (bicyclic) bond motifs is 3. The van der Waals surface area contributed by atoms with Crippen molar-refractivity contribution in [3.8, 4) is 5.75 Å². The van der Waals surface area contributed by atoms with E-state index in [4.69, 9.17) is 4.74 Å². The summed E-state index contributed by atoms with van der Waals surface area (Å²) in [5.74, 6) is 1.87. The number of ether oxygens (including phenoxy) is 1. The Morgan fingerprint density at radius 3 is 2.75 bits per heavy atom. The maximum absolute atomic E-state index is 5.55. The third-order valence-electron chi connectivity index (χ3n) is 4.43. The fraction of sp³-hybridized carbons (Fsp3) is 0.625. The maximum Gasteiger partial charge on any atom is 0.119 e. The molecule has 1 unspecified atom stereocenters. The van der Waals surface area contributed by atoms with Crippen molar-refractivity contribution in [2.45, 2.75) is 32.4 Å². The van der Waals surface area contributed by atoms with Crippen LogP contribution in [-0.4, -0.2) is 37.2 Å². The molecule has 0 radical (unpaired) electrons. The van der Waals surface area contributed by atoms with Gasteiger partial charge in [0.1, 0.15) is 5.75 Å². The number of halogens is 1. The van der Waals surface area contributed by atoms with Gasteiger partial charge in [-0.05, 0) is 56.5 Å². The molecule has 3 nitrogen and oxygen atoms in total. The Kier molecular flexibility index (Phi) is 5.70. The Balaban J connectivity index is 0.00000147. The van der Waals surface area contributed by atoms with Gasteiger partial charge in [0.15, 0.2) is 0 Å². The summed E-state index contributed by atoms with van der Waals surface area (Å²) in [6, 6.07) is 9.12. The molecule has 3 aliphatic rings. The summed E-state index contributed by atoms with van der Waals surface area (Å²) in [4.78, 5) is 2.59. The van der Waals surface area contributed by atoms with Gasteiger partial charge in [-0.2, -0.15) is 0 Å². The van der Waals surface area contributed by atoms with Crippen molar-refractivity contribution in [1.29, 1.82) is 0 Å². The Morgan fingerprint density at radius 2 is 2.10 bits per heavy atom. The predicted molar refractivity (Wildman–Crippen MR) is 84.7 cm³/mol. The molecular formula is C16H25ClN2O. The van der Waals surface area contributed by atoms with Crippen molar-refractivity contribution < 1.29 is 4.74 Å². The molecule has 0 saturated carbocycles. The zero-order valence-corrected chi connectivity index (χ0v) is 13.0. The molecule has 4 rings (SSSR count). The minimum absolute atomic E-state index is 0. The smallest absolute Gasteiger partial charge is 0.119 e. The zero-order valence-electron chi connectivity index (χ0n) is 12.2. The number of benzene rings is 1. The van der Waals surface area contributed by atoms with Gasteiger partial charge >= 0.3 is 0 Å². The summed E-state index contributed by atoms with van der Waals surface area (Å²) in [6.07, 6.45) is 2.74. The quantitative estimate of drug-likeness (QED) is 0.904. The van der Waals surface area contributed by atoms with Crippen LogP contribution >= 0.6 is 12.4 Å². The molecule has 3 fully saturated rings. The monoisotopic (exact) mass is 296 g/mol. The molecule has 4 heteroatoms.